The van der Waals surface area contributed by atoms with Gasteiger partial charge in [-0.15, -0.1) is 0 Å². The summed E-state index contributed by atoms with van der Waals surface area (Å²) >= 11 is 0. The van der Waals surface area contributed by atoms with Crippen LogP contribution in [0.2, 0.25) is 0 Å². The number of alkyl halides is 3. The zero-order valence-corrected chi connectivity index (χ0v) is 10.8. The lowest BCUT2D eigenvalue weighted by molar-refractivity contribution is -0.0987. The van der Waals surface area contributed by atoms with E-state index in [0.717, 1.165) is 11.6 Å². The first-order valence-corrected chi connectivity index (χ1v) is 6.10. The number of benzene rings is 1. The molecule has 1 aliphatic carbocycles. The molecule has 0 heterocycles. The topological polar surface area (TPSA) is 9.23 Å². The van der Waals surface area contributed by atoms with E-state index in [2.05, 4.69) is 0 Å². The summed E-state index contributed by atoms with van der Waals surface area (Å²) in [5.41, 5.74) is 0.544. The van der Waals surface area contributed by atoms with Crippen LogP contribution in [0.5, 0.6) is 5.75 Å². The van der Waals surface area contributed by atoms with Gasteiger partial charge in [0.2, 0.25) is 0 Å². The van der Waals surface area contributed by atoms with Crippen molar-refractivity contribution in [1.29, 1.82) is 0 Å². The van der Waals surface area contributed by atoms with Crippen molar-refractivity contribution in [2.75, 3.05) is 0 Å². The summed E-state index contributed by atoms with van der Waals surface area (Å²) in [6.07, 6.45) is -1.17. The third kappa shape index (κ3) is 3.40. The van der Waals surface area contributed by atoms with Gasteiger partial charge in [-0.2, -0.15) is 13.2 Å². The molecule has 2 rings (SSSR count). The Morgan fingerprint density at radius 3 is 2.37 bits per heavy atom. The molecule has 19 heavy (non-hydrogen) atoms. The highest BCUT2D eigenvalue weighted by atomic mass is 19.4. The van der Waals surface area contributed by atoms with E-state index in [9.17, 15) is 13.2 Å². The van der Waals surface area contributed by atoms with Crippen molar-refractivity contribution >= 4 is 0 Å². The lowest BCUT2D eigenvalue weighted by Crippen LogP contribution is -2.21. The van der Waals surface area contributed by atoms with Gasteiger partial charge in [-0.25, -0.2) is 0 Å². The number of hydrogen-bond acceptors (Lipinski definition) is 1. The second-order valence-corrected chi connectivity index (χ2v) is 4.76. The summed E-state index contributed by atoms with van der Waals surface area (Å²) < 4.78 is 43.9. The quantitative estimate of drug-likeness (QED) is 0.749. The lowest BCUT2D eigenvalue weighted by Gasteiger charge is -2.22. The lowest BCUT2D eigenvalue weighted by atomic mass is 9.92. The molecule has 0 spiro atoms. The maximum atomic E-state index is 12.8. The number of aryl methyl sites for hydroxylation is 1. The van der Waals surface area contributed by atoms with Crippen LogP contribution < -0.4 is 4.74 Å². The van der Waals surface area contributed by atoms with Crippen LogP contribution in [0.4, 0.5) is 13.2 Å². The van der Waals surface area contributed by atoms with Crippen LogP contribution in [0.1, 0.15) is 18.9 Å². The zero-order valence-electron chi connectivity index (χ0n) is 10.8. The first kappa shape index (κ1) is 13.7. The second kappa shape index (κ2) is 5.11. The predicted molar refractivity (Wildman–Crippen MR) is 67.8 cm³/mol. The fourth-order valence-corrected chi connectivity index (χ4v) is 1.95. The largest absolute Gasteiger partial charge is 0.458 e. The number of halogens is 3. The molecule has 1 aliphatic rings. The first-order chi connectivity index (χ1) is 8.86. The van der Waals surface area contributed by atoms with E-state index in [1.54, 1.807) is 25.1 Å². The van der Waals surface area contributed by atoms with E-state index in [0.29, 0.717) is 12.2 Å². The van der Waals surface area contributed by atoms with E-state index in [-0.39, 0.29) is 5.76 Å². The first-order valence-electron chi connectivity index (χ1n) is 6.10. The van der Waals surface area contributed by atoms with Crippen molar-refractivity contribution in [3.63, 3.8) is 0 Å². The molecule has 1 atom stereocenters. The van der Waals surface area contributed by atoms with Crippen LogP contribution in [-0.2, 0) is 0 Å². The summed E-state index contributed by atoms with van der Waals surface area (Å²) in [7, 11) is 0. The molecule has 0 radical (unpaired) electrons. The number of allylic oxidation sites excluding steroid dienone is 3. The average Bonchev–Trinajstić information content (AvgIpc) is 2.33. The summed E-state index contributed by atoms with van der Waals surface area (Å²) in [6.45, 7) is 3.51. The highest BCUT2D eigenvalue weighted by Crippen LogP contribution is 2.37. The molecule has 102 valence electrons. The fourth-order valence-electron chi connectivity index (χ4n) is 1.95. The molecular formula is C15H15F3O. The maximum Gasteiger partial charge on any atom is 0.413 e. The summed E-state index contributed by atoms with van der Waals surface area (Å²) in [6, 6.07) is 7.20. The highest BCUT2D eigenvalue weighted by Gasteiger charge is 2.38. The fraction of sp³-hybridized carbons (Fsp3) is 0.333. The van der Waals surface area contributed by atoms with Crippen LogP contribution >= 0.6 is 0 Å². The summed E-state index contributed by atoms with van der Waals surface area (Å²) in [4.78, 5) is 0. The van der Waals surface area contributed by atoms with Crippen molar-refractivity contribution in [2.24, 2.45) is 5.92 Å². The van der Waals surface area contributed by atoms with E-state index in [1.165, 1.54) is 0 Å². The molecule has 1 nitrogen and oxygen atoms in total. The Labute approximate surface area is 110 Å². The third-order valence-electron chi connectivity index (χ3n) is 3.09. The van der Waals surface area contributed by atoms with E-state index in [4.69, 9.17) is 4.74 Å². The van der Waals surface area contributed by atoms with Gasteiger partial charge in [0.25, 0.3) is 0 Å². The Morgan fingerprint density at radius 1 is 1.16 bits per heavy atom. The molecule has 0 bridgehead atoms. The van der Waals surface area contributed by atoms with Gasteiger partial charge in [-0.3, -0.25) is 0 Å². The summed E-state index contributed by atoms with van der Waals surface area (Å²) in [5, 5.41) is 0. The van der Waals surface area contributed by atoms with Gasteiger partial charge in [0.05, 0.1) is 0 Å². The number of rotatable bonds is 2. The smallest absolute Gasteiger partial charge is 0.413 e. The van der Waals surface area contributed by atoms with Gasteiger partial charge in [0.15, 0.2) is 0 Å². The Kier molecular flexibility index (Phi) is 3.69. The van der Waals surface area contributed by atoms with E-state index in [1.807, 2.05) is 19.1 Å². The minimum absolute atomic E-state index is 0.259. The predicted octanol–water partition coefficient (Wildman–Crippen LogP) is 4.79. The van der Waals surface area contributed by atoms with E-state index < -0.39 is 17.7 Å². The molecule has 1 aromatic rings. The third-order valence-corrected chi connectivity index (χ3v) is 3.09. The van der Waals surface area contributed by atoms with Crippen LogP contribution in [0, 0.1) is 12.8 Å². The van der Waals surface area contributed by atoms with Gasteiger partial charge >= 0.3 is 6.18 Å². The molecule has 0 fully saturated rings. The van der Waals surface area contributed by atoms with Crippen molar-refractivity contribution in [2.45, 2.75) is 26.4 Å². The van der Waals surface area contributed by atoms with Crippen LogP contribution in [-0.4, -0.2) is 6.18 Å². The Balaban J connectivity index is 2.18. The molecule has 0 saturated heterocycles. The van der Waals surface area contributed by atoms with Crippen molar-refractivity contribution in [1.82, 2.24) is 0 Å². The van der Waals surface area contributed by atoms with Crippen LogP contribution in [0.25, 0.3) is 0 Å². The molecule has 0 N–H and O–H groups in total. The zero-order chi connectivity index (χ0) is 14.0. The molecule has 0 aliphatic heterocycles. The molecular weight excluding hydrogens is 253 g/mol. The second-order valence-electron chi connectivity index (χ2n) is 4.76. The normalized spacial score (nSPS) is 19.7. The Bertz CT molecular complexity index is 509. The molecule has 1 aromatic carbocycles. The summed E-state index contributed by atoms with van der Waals surface area (Å²) in [5.74, 6) is 0.281. The SMILES string of the molecule is Cc1ccc(OC2=CCC(C)C(C(F)(F)F)=C2)cc1. The number of ether oxygens (including phenoxy) is 1. The maximum absolute atomic E-state index is 12.8. The van der Waals surface area contributed by atoms with Crippen LogP contribution in [0.15, 0.2) is 47.7 Å². The van der Waals surface area contributed by atoms with Gasteiger partial charge in [-0.1, -0.05) is 24.6 Å². The van der Waals surface area contributed by atoms with Crippen molar-refractivity contribution in [3.05, 3.63) is 53.3 Å². The standard InChI is InChI=1S/C15H15F3O/c1-10-3-6-12(7-4-10)19-13-8-5-11(2)14(9-13)15(16,17)18/h3-4,6-9,11H,5H2,1-2H3. The average molecular weight is 268 g/mol. The van der Waals surface area contributed by atoms with Crippen molar-refractivity contribution < 1.29 is 17.9 Å². The minimum Gasteiger partial charge on any atom is -0.458 e. The molecule has 0 amide bonds. The molecule has 4 heteroatoms. The van der Waals surface area contributed by atoms with E-state index >= 15 is 0 Å². The van der Waals surface area contributed by atoms with Gasteiger partial charge < -0.3 is 4.74 Å². The number of hydrogen-bond donors (Lipinski definition) is 0. The van der Waals surface area contributed by atoms with Gasteiger partial charge in [-0.05, 0) is 43.5 Å². The van der Waals surface area contributed by atoms with Gasteiger partial charge in [0.1, 0.15) is 11.5 Å². The Hall–Kier alpha value is -1.71. The minimum atomic E-state index is -4.30. The highest BCUT2D eigenvalue weighted by molar-refractivity contribution is 5.34. The molecule has 0 saturated carbocycles. The Morgan fingerprint density at radius 2 is 1.79 bits per heavy atom. The molecule has 0 aromatic heterocycles. The monoisotopic (exact) mass is 268 g/mol. The van der Waals surface area contributed by atoms with Crippen molar-refractivity contribution in [3.8, 4) is 5.75 Å². The molecule has 1 unspecified atom stereocenters. The van der Waals surface area contributed by atoms with Crippen LogP contribution in [0.3, 0.4) is 0 Å². The van der Waals surface area contributed by atoms with Gasteiger partial charge in [0, 0.05) is 5.57 Å².